The first-order chi connectivity index (χ1) is 10.2. The number of hydrogen-bond donors (Lipinski definition) is 2. The van der Waals surface area contributed by atoms with E-state index in [2.05, 4.69) is 29.4 Å². The highest BCUT2D eigenvalue weighted by Gasteiger charge is 2.10. The molecule has 0 amide bonds. The number of rotatable bonds is 7. The molecule has 0 aliphatic rings. The van der Waals surface area contributed by atoms with E-state index in [-0.39, 0.29) is 6.61 Å². The SMILES string of the molecule is CCC(CCO)CNc1cc(C)nc2c(OC)cccc12. The Hall–Kier alpha value is -1.81. The number of benzene rings is 1. The second-order valence-corrected chi connectivity index (χ2v) is 5.34. The number of ether oxygens (including phenoxy) is 1. The molecule has 114 valence electrons. The largest absolute Gasteiger partial charge is 0.494 e. The number of aliphatic hydroxyl groups is 1. The quantitative estimate of drug-likeness (QED) is 0.820. The maximum absolute atomic E-state index is 9.09. The van der Waals surface area contributed by atoms with Gasteiger partial charge < -0.3 is 15.2 Å². The zero-order valence-electron chi connectivity index (χ0n) is 13.0. The van der Waals surface area contributed by atoms with Crippen LogP contribution >= 0.6 is 0 Å². The van der Waals surface area contributed by atoms with E-state index in [1.807, 2.05) is 19.1 Å². The van der Waals surface area contributed by atoms with Gasteiger partial charge in [-0.15, -0.1) is 0 Å². The van der Waals surface area contributed by atoms with Gasteiger partial charge >= 0.3 is 0 Å². The summed E-state index contributed by atoms with van der Waals surface area (Å²) in [4.78, 5) is 4.59. The van der Waals surface area contributed by atoms with Crippen molar-refractivity contribution in [2.75, 3.05) is 25.6 Å². The normalized spacial score (nSPS) is 12.4. The number of aromatic nitrogens is 1. The second kappa shape index (κ2) is 7.27. The number of anilines is 1. The van der Waals surface area contributed by atoms with Crippen molar-refractivity contribution in [3.05, 3.63) is 30.0 Å². The van der Waals surface area contributed by atoms with E-state index in [9.17, 15) is 0 Å². The van der Waals surface area contributed by atoms with Gasteiger partial charge in [-0.1, -0.05) is 25.5 Å². The summed E-state index contributed by atoms with van der Waals surface area (Å²) >= 11 is 0. The first kappa shape index (κ1) is 15.6. The van der Waals surface area contributed by atoms with Crippen molar-refractivity contribution in [2.24, 2.45) is 5.92 Å². The van der Waals surface area contributed by atoms with Gasteiger partial charge in [0.25, 0.3) is 0 Å². The van der Waals surface area contributed by atoms with Gasteiger partial charge in [0.1, 0.15) is 11.3 Å². The summed E-state index contributed by atoms with van der Waals surface area (Å²) in [5, 5.41) is 13.7. The number of pyridine rings is 1. The molecular weight excluding hydrogens is 264 g/mol. The summed E-state index contributed by atoms with van der Waals surface area (Å²) in [6.45, 7) is 5.24. The average molecular weight is 288 g/mol. The number of methoxy groups -OCH3 is 1. The number of aryl methyl sites for hydroxylation is 1. The third-order valence-corrected chi connectivity index (χ3v) is 3.85. The van der Waals surface area contributed by atoms with Crippen LogP contribution in [0.5, 0.6) is 5.75 Å². The molecule has 21 heavy (non-hydrogen) atoms. The lowest BCUT2D eigenvalue weighted by Crippen LogP contribution is -2.15. The molecule has 1 aromatic heterocycles. The highest BCUT2D eigenvalue weighted by atomic mass is 16.5. The minimum absolute atomic E-state index is 0.240. The molecule has 0 saturated heterocycles. The van der Waals surface area contributed by atoms with Gasteiger partial charge in [0, 0.05) is 29.9 Å². The number of fused-ring (bicyclic) bond motifs is 1. The van der Waals surface area contributed by atoms with Crippen molar-refractivity contribution in [2.45, 2.75) is 26.7 Å². The molecule has 0 aliphatic heterocycles. The van der Waals surface area contributed by atoms with Crippen molar-refractivity contribution < 1.29 is 9.84 Å². The molecule has 0 radical (unpaired) electrons. The third kappa shape index (κ3) is 3.64. The summed E-state index contributed by atoms with van der Waals surface area (Å²) in [6.07, 6.45) is 1.88. The molecule has 4 heteroatoms. The number of para-hydroxylation sites is 1. The van der Waals surface area contributed by atoms with Gasteiger partial charge in [-0.2, -0.15) is 0 Å². The fraction of sp³-hybridized carbons (Fsp3) is 0.471. The van der Waals surface area contributed by atoms with Crippen LogP contribution in [0.4, 0.5) is 5.69 Å². The summed E-state index contributed by atoms with van der Waals surface area (Å²) in [7, 11) is 1.67. The van der Waals surface area contributed by atoms with E-state index in [0.717, 1.165) is 47.4 Å². The van der Waals surface area contributed by atoms with Gasteiger partial charge in [0.15, 0.2) is 0 Å². The molecule has 1 atom stereocenters. The number of nitrogens with zero attached hydrogens (tertiary/aromatic N) is 1. The minimum atomic E-state index is 0.240. The summed E-state index contributed by atoms with van der Waals surface area (Å²) < 4.78 is 5.40. The van der Waals surface area contributed by atoms with E-state index < -0.39 is 0 Å². The van der Waals surface area contributed by atoms with Gasteiger partial charge in [0.05, 0.1) is 7.11 Å². The molecule has 4 nitrogen and oxygen atoms in total. The average Bonchev–Trinajstić information content (AvgIpc) is 2.50. The van der Waals surface area contributed by atoms with Gasteiger partial charge in [-0.3, -0.25) is 0 Å². The first-order valence-corrected chi connectivity index (χ1v) is 7.48. The topological polar surface area (TPSA) is 54.4 Å². The van der Waals surface area contributed by atoms with Crippen LogP contribution in [0.3, 0.4) is 0 Å². The predicted molar refractivity (Wildman–Crippen MR) is 87.0 cm³/mol. The Balaban J connectivity index is 2.31. The highest BCUT2D eigenvalue weighted by Crippen LogP contribution is 2.30. The van der Waals surface area contributed by atoms with E-state index in [4.69, 9.17) is 9.84 Å². The standard InChI is InChI=1S/C17H24N2O2/c1-4-13(8-9-20)11-18-15-10-12(2)19-17-14(15)6-5-7-16(17)21-3/h5-7,10,13,20H,4,8-9,11H2,1-3H3,(H,18,19). The van der Waals surface area contributed by atoms with E-state index in [0.29, 0.717) is 5.92 Å². The van der Waals surface area contributed by atoms with Crippen LogP contribution in [0.2, 0.25) is 0 Å². The molecule has 0 fully saturated rings. The highest BCUT2D eigenvalue weighted by molar-refractivity contribution is 5.95. The number of aliphatic hydroxyl groups excluding tert-OH is 1. The Morgan fingerprint density at radius 1 is 1.38 bits per heavy atom. The van der Waals surface area contributed by atoms with Gasteiger partial charge in [0.2, 0.25) is 0 Å². The summed E-state index contributed by atoms with van der Waals surface area (Å²) in [5.74, 6) is 1.27. The molecule has 2 N–H and O–H groups in total. The molecule has 0 spiro atoms. The molecule has 2 aromatic rings. The molecule has 0 aliphatic carbocycles. The summed E-state index contributed by atoms with van der Waals surface area (Å²) in [6, 6.07) is 8.03. The maximum Gasteiger partial charge on any atom is 0.145 e. The fourth-order valence-electron chi connectivity index (χ4n) is 2.55. The summed E-state index contributed by atoms with van der Waals surface area (Å²) in [5.41, 5.74) is 2.93. The van der Waals surface area contributed by atoms with Crippen LogP contribution in [0.1, 0.15) is 25.5 Å². The first-order valence-electron chi connectivity index (χ1n) is 7.48. The maximum atomic E-state index is 9.09. The van der Waals surface area contributed by atoms with Crippen LogP contribution in [0.25, 0.3) is 10.9 Å². The van der Waals surface area contributed by atoms with E-state index >= 15 is 0 Å². The van der Waals surface area contributed by atoms with Gasteiger partial charge in [-0.25, -0.2) is 4.98 Å². The molecule has 1 unspecified atom stereocenters. The number of nitrogens with one attached hydrogen (secondary N) is 1. The Kier molecular flexibility index (Phi) is 5.39. The lowest BCUT2D eigenvalue weighted by atomic mass is 10.0. The Morgan fingerprint density at radius 2 is 2.19 bits per heavy atom. The third-order valence-electron chi connectivity index (χ3n) is 3.85. The van der Waals surface area contributed by atoms with Gasteiger partial charge in [-0.05, 0) is 31.4 Å². The molecular formula is C17H24N2O2. The number of hydrogen-bond acceptors (Lipinski definition) is 4. The molecule has 1 heterocycles. The lowest BCUT2D eigenvalue weighted by molar-refractivity contribution is 0.258. The lowest BCUT2D eigenvalue weighted by Gasteiger charge is -2.17. The Labute approximate surface area is 126 Å². The van der Waals surface area contributed by atoms with Crippen molar-refractivity contribution in [1.29, 1.82) is 0 Å². The molecule has 0 bridgehead atoms. The minimum Gasteiger partial charge on any atom is -0.494 e. The van der Waals surface area contributed by atoms with Crippen LogP contribution < -0.4 is 10.1 Å². The van der Waals surface area contributed by atoms with Crippen molar-refractivity contribution >= 4 is 16.6 Å². The fourth-order valence-corrected chi connectivity index (χ4v) is 2.55. The van der Waals surface area contributed by atoms with Crippen LogP contribution in [0, 0.1) is 12.8 Å². The molecule has 2 rings (SSSR count). The zero-order chi connectivity index (χ0) is 15.2. The van der Waals surface area contributed by atoms with Crippen molar-refractivity contribution in [3.63, 3.8) is 0 Å². The predicted octanol–water partition coefficient (Wildman–Crippen LogP) is 3.37. The second-order valence-electron chi connectivity index (χ2n) is 5.34. The Bertz CT molecular complexity index is 599. The zero-order valence-corrected chi connectivity index (χ0v) is 13.0. The van der Waals surface area contributed by atoms with Crippen molar-refractivity contribution in [3.8, 4) is 5.75 Å². The van der Waals surface area contributed by atoms with E-state index in [1.54, 1.807) is 7.11 Å². The molecule has 0 saturated carbocycles. The molecule has 1 aromatic carbocycles. The monoisotopic (exact) mass is 288 g/mol. The smallest absolute Gasteiger partial charge is 0.145 e. The van der Waals surface area contributed by atoms with Crippen LogP contribution in [-0.2, 0) is 0 Å². The van der Waals surface area contributed by atoms with Crippen molar-refractivity contribution in [1.82, 2.24) is 4.98 Å². The Morgan fingerprint density at radius 3 is 2.86 bits per heavy atom. The van der Waals surface area contributed by atoms with Crippen LogP contribution in [0.15, 0.2) is 24.3 Å². The van der Waals surface area contributed by atoms with E-state index in [1.165, 1.54) is 0 Å². The van der Waals surface area contributed by atoms with Crippen LogP contribution in [-0.4, -0.2) is 30.4 Å².